The highest BCUT2D eigenvalue weighted by Gasteiger charge is 2.48. The van der Waals surface area contributed by atoms with Gasteiger partial charge in [-0.05, 0) is 6.42 Å². The first-order valence-electron chi connectivity index (χ1n) is 3.98. The lowest BCUT2D eigenvalue weighted by molar-refractivity contribution is -0.139. The number of hydrogen-bond donors (Lipinski definition) is 2. The zero-order chi connectivity index (χ0) is 10.1. The molecule has 0 unspecified atom stereocenters. The quantitative estimate of drug-likeness (QED) is 0.748. The van der Waals surface area contributed by atoms with Crippen LogP contribution in [0.25, 0.3) is 0 Å². The van der Waals surface area contributed by atoms with Crippen molar-refractivity contribution in [1.29, 1.82) is 0 Å². The van der Waals surface area contributed by atoms with E-state index in [1.54, 1.807) is 0 Å². The molecule has 1 heterocycles. The van der Waals surface area contributed by atoms with E-state index in [-0.39, 0.29) is 5.91 Å². The molecule has 14 heavy (non-hydrogen) atoms. The molecule has 1 aromatic heterocycles. The summed E-state index contributed by atoms with van der Waals surface area (Å²) in [4.78, 5) is 21.8. The molecular formula is C7H7N3O3S. The molecule has 2 N–H and O–H groups in total. The minimum Gasteiger partial charge on any atom is -0.481 e. The Labute approximate surface area is 83.0 Å². The molecule has 1 aromatic rings. The predicted molar refractivity (Wildman–Crippen MR) is 47.8 cm³/mol. The summed E-state index contributed by atoms with van der Waals surface area (Å²) in [5.74, 6) is -2.13. The van der Waals surface area contributed by atoms with Crippen LogP contribution in [0.15, 0.2) is 5.51 Å². The summed E-state index contributed by atoms with van der Waals surface area (Å²) in [5, 5.41) is 18.7. The number of carbonyl (C=O) groups excluding carboxylic acids is 1. The molecule has 74 valence electrons. The molecule has 7 heteroatoms. The van der Waals surface area contributed by atoms with Crippen LogP contribution in [0.5, 0.6) is 0 Å². The van der Waals surface area contributed by atoms with Crippen LogP contribution in [0.1, 0.15) is 6.42 Å². The van der Waals surface area contributed by atoms with Crippen LogP contribution < -0.4 is 5.32 Å². The lowest BCUT2D eigenvalue weighted by Gasteiger charge is -1.97. The number of nitrogens with one attached hydrogen (secondary N) is 1. The second kappa shape index (κ2) is 3.33. The SMILES string of the molecule is O=C(O)[C@H]1C[C@H]1C(=O)Nc1nncs1. The number of nitrogens with zero attached hydrogens (tertiary/aromatic N) is 2. The Morgan fingerprint density at radius 1 is 1.57 bits per heavy atom. The summed E-state index contributed by atoms with van der Waals surface area (Å²) in [6.07, 6.45) is 0.417. The van der Waals surface area contributed by atoms with Crippen LogP contribution in [0.4, 0.5) is 5.13 Å². The van der Waals surface area contributed by atoms with E-state index in [1.807, 2.05) is 0 Å². The minimum absolute atomic E-state index is 0.283. The van der Waals surface area contributed by atoms with Gasteiger partial charge in [-0.15, -0.1) is 10.2 Å². The lowest BCUT2D eigenvalue weighted by atomic mass is 10.3. The van der Waals surface area contributed by atoms with Crippen molar-refractivity contribution >= 4 is 28.3 Å². The number of anilines is 1. The maximum atomic E-state index is 11.4. The molecule has 0 aromatic carbocycles. The normalized spacial score (nSPS) is 24.3. The van der Waals surface area contributed by atoms with Crippen LogP contribution in [-0.4, -0.2) is 27.2 Å². The molecule has 0 spiro atoms. The molecule has 1 fully saturated rings. The Morgan fingerprint density at radius 3 is 2.86 bits per heavy atom. The average molecular weight is 213 g/mol. The Morgan fingerprint density at radius 2 is 2.36 bits per heavy atom. The summed E-state index contributed by atoms with van der Waals surface area (Å²) in [6.45, 7) is 0. The van der Waals surface area contributed by atoms with Gasteiger partial charge in [0.05, 0.1) is 11.8 Å². The van der Waals surface area contributed by atoms with Crippen LogP contribution >= 0.6 is 11.3 Å². The van der Waals surface area contributed by atoms with Crippen molar-refractivity contribution in [2.75, 3.05) is 5.32 Å². The van der Waals surface area contributed by atoms with Gasteiger partial charge in [-0.1, -0.05) is 11.3 Å². The number of carboxylic acids is 1. The number of amides is 1. The van der Waals surface area contributed by atoms with Crippen LogP contribution in [0.3, 0.4) is 0 Å². The summed E-state index contributed by atoms with van der Waals surface area (Å²) >= 11 is 1.20. The van der Waals surface area contributed by atoms with E-state index >= 15 is 0 Å². The largest absolute Gasteiger partial charge is 0.481 e. The number of aromatic nitrogens is 2. The van der Waals surface area contributed by atoms with Crippen molar-refractivity contribution in [2.45, 2.75) is 6.42 Å². The average Bonchev–Trinajstić information content (AvgIpc) is 2.80. The van der Waals surface area contributed by atoms with Crippen molar-refractivity contribution in [3.8, 4) is 0 Å². The van der Waals surface area contributed by atoms with Gasteiger partial charge < -0.3 is 10.4 Å². The Hall–Kier alpha value is -1.50. The van der Waals surface area contributed by atoms with Gasteiger partial charge in [0.1, 0.15) is 5.51 Å². The van der Waals surface area contributed by atoms with Gasteiger partial charge in [-0.3, -0.25) is 9.59 Å². The van der Waals surface area contributed by atoms with Gasteiger partial charge in [0.15, 0.2) is 0 Å². The van der Waals surface area contributed by atoms with Gasteiger partial charge in [-0.2, -0.15) is 0 Å². The molecule has 1 saturated carbocycles. The summed E-state index contributed by atoms with van der Waals surface area (Å²) in [5.41, 5.74) is 1.50. The van der Waals surface area contributed by atoms with Crippen LogP contribution in [-0.2, 0) is 9.59 Å². The zero-order valence-corrected chi connectivity index (χ0v) is 7.82. The third kappa shape index (κ3) is 1.72. The van der Waals surface area contributed by atoms with Crippen molar-refractivity contribution in [1.82, 2.24) is 10.2 Å². The summed E-state index contributed by atoms with van der Waals surface area (Å²) < 4.78 is 0. The fourth-order valence-corrected chi connectivity index (χ4v) is 1.63. The molecule has 0 saturated heterocycles. The van der Waals surface area contributed by atoms with Crippen molar-refractivity contribution in [3.05, 3.63) is 5.51 Å². The molecule has 2 rings (SSSR count). The molecule has 2 atom stereocenters. The zero-order valence-electron chi connectivity index (χ0n) is 7.01. The summed E-state index contributed by atoms with van der Waals surface area (Å²) in [6, 6.07) is 0. The third-order valence-electron chi connectivity index (χ3n) is 2.03. The van der Waals surface area contributed by atoms with Crippen molar-refractivity contribution in [3.63, 3.8) is 0 Å². The van der Waals surface area contributed by atoms with Gasteiger partial charge in [0.25, 0.3) is 0 Å². The molecule has 1 aliphatic carbocycles. The van der Waals surface area contributed by atoms with Gasteiger partial charge >= 0.3 is 5.97 Å². The Bertz CT molecular complexity index is 364. The first-order valence-corrected chi connectivity index (χ1v) is 4.86. The maximum absolute atomic E-state index is 11.4. The highest BCUT2D eigenvalue weighted by Crippen LogP contribution is 2.39. The predicted octanol–water partition coefficient (Wildman–Crippen LogP) is 0.197. The molecule has 1 aliphatic rings. The molecular weight excluding hydrogens is 206 g/mol. The molecule has 0 aliphatic heterocycles. The van der Waals surface area contributed by atoms with E-state index < -0.39 is 17.8 Å². The van der Waals surface area contributed by atoms with Crippen molar-refractivity contribution in [2.24, 2.45) is 11.8 Å². The van der Waals surface area contributed by atoms with Crippen molar-refractivity contribution < 1.29 is 14.7 Å². The standard InChI is InChI=1S/C7H7N3O3S/c11-5(3-1-4(3)6(12)13)9-7-10-8-2-14-7/h2-4H,1H2,(H,12,13)(H,9,10,11)/t3-,4+/m1/s1. The van der Waals surface area contributed by atoms with Crippen LogP contribution in [0, 0.1) is 11.8 Å². The van der Waals surface area contributed by atoms with E-state index in [0.717, 1.165) is 0 Å². The third-order valence-corrected chi connectivity index (χ3v) is 2.64. The van der Waals surface area contributed by atoms with E-state index in [2.05, 4.69) is 15.5 Å². The molecule has 1 amide bonds. The van der Waals surface area contributed by atoms with E-state index in [0.29, 0.717) is 11.6 Å². The van der Waals surface area contributed by atoms with Gasteiger partial charge in [0.2, 0.25) is 11.0 Å². The van der Waals surface area contributed by atoms with Gasteiger partial charge in [0, 0.05) is 0 Å². The molecule has 6 nitrogen and oxygen atoms in total. The van der Waals surface area contributed by atoms with Crippen LogP contribution in [0.2, 0.25) is 0 Å². The minimum atomic E-state index is -0.914. The van der Waals surface area contributed by atoms with E-state index in [9.17, 15) is 9.59 Å². The Kier molecular flexibility index (Phi) is 2.16. The number of carboxylic acid groups (broad SMARTS) is 1. The highest BCUT2D eigenvalue weighted by molar-refractivity contribution is 7.13. The molecule has 0 radical (unpaired) electrons. The topological polar surface area (TPSA) is 92.2 Å². The smallest absolute Gasteiger partial charge is 0.307 e. The Balaban J connectivity index is 1.90. The maximum Gasteiger partial charge on any atom is 0.307 e. The fraction of sp³-hybridized carbons (Fsp3) is 0.429. The lowest BCUT2D eigenvalue weighted by Crippen LogP contribution is -2.16. The second-order valence-corrected chi connectivity index (χ2v) is 3.85. The second-order valence-electron chi connectivity index (χ2n) is 3.02. The number of aliphatic carboxylic acids is 1. The number of carbonyl (C=O) groups is 2. The summed E-state index contributed by atoms with van der Waals surface area (Å²) in [7, 11) is 0. The number of rotatable bonds is 3. The molecule has 0 bridgehead atoms. The van der Waals surface area contributed by atoms with Gasteiger partial charge in [-0.25, -0.2) is 0 Å². The monoisotopic (exact) mass is 213 g/mol. The fourth-order valence-electron chi connectivity index (χ4n) is 1.18. The van der Waals surface area contributed by atoms with E-state index in [1.165, 1.54) is 16.8 Å². The van der Waals surface area contributed by atoms with E-state index in [4.69, 9.17) is 5.11 Å². The first kappa shape index (κ1) is 9.07. The highest BCUT2D eigenvalue weighted by atomic mass is 32.1. The first-order chi connectivity index (χ1) is 6.68. The number of hydrogen-bond acceptors (Lipinski definition) is 5.